The second-order valence-electron chi connectivity index (χ2n) is 4.58. The largest absolute Gasteiger partial charge is 0.396 e. The maximum absolute atomic E-state index is 9.07. The quantitative estimate of drug-likeness (QED) is 0.702. The topological polar surface area (TPSA) is 45.1 Å². The van der Waals surface area contributed by atoms with Gasteiger partial charge in [0.1, 0.15) is 0 Å². The predicted octanol–water partition coefficient (Wildman–Crippen LogP) is 2.03. The van der Waals surface area contributed by atoms with Gasteiger partial charge in [-0.2, -0.15) is 0 Å². The summed E-state index contributed by atoms with van der Waals surface area (Å²) in [6.07, 6.45) is 2.14. The molecule has 1 aromatic rings. The molecule has 4 heteroatoms. The molecular formula is C11H20N2OS. The Labute approximate surface area is 95.6 Å². The lowest BCUT2D eigenvalue weighted by atomic mass is 9.89. The van der Waals surface area contributed by atoms with Crippen molar-refractivity contribution in [1.82, 2.24) is 10.3 Å². The van der Waals surface area contributed by atoms with Gasteiger partial charge in [0.2, 0.25) is 0 Å². The van der Waals surface area contributed by atoms with Crippen molar-refractivity contribution in [2.75, 3.05) is 13.2 Å². The molecule has 0 bridgehead atoms. The summed E-state index contributed by atoms with van der Waals surface area (Å²) in [7, 11) is 0. The fourth-order valence-electron chi connectivity index (χ4n) is 1.31. The van der Waals surface area contributed by atoms with Gasteiger partial charge in [-0.05, 0) is 24.8 Å². The van der Waals surface area contributed by atoms with Gasteiger partial charge in [-0.3, -0.25) is 0 Å². The van der Waals surface area contributed by atoms with Crippen LogP contribution in [-0.4, -0.2) is 23.2 Å². The lowest BCUT2D eigenvalue weighted by Gasteiger charge is -2.21. The molecule has 0 fully saturated rings. The second-order valence-corrected chi connectivity index (χ2v) is 5.30. The van der Waals surface area contributed by atoms with Gasteiger partial charge in [-0.15, -0.1) is 11.3 Å². The standard InChI is InChI=1S/C11H20N2OS/c1-11(2,8-14)4-3-5-12-6-10-7-15-9-13-10/h7,9,12,14H,3-6,8H2,1-2H3. The zero-order chi connectivity index (χ0) is 11.1. The number of aliphatic hydroxyl groups excluding tert-OH is 1. The minimum absolute atomic E-state index is 0.0578. The first-order chi connectivity index (χ1) is 7.14. The van der Waals surface area contributed by atoms with E-state index in [2.05, 4.69) is 29.5 Å². The summed E-state index contributed by atoms with van der Waals surface area (Å²) in [5.74, 6) is 0. The Morgan fingerprint density at radius 3 is 2.93 bits per heavy atom. The van der Waals surface area contributed by atoms with Crippen molar-refractivity contribution in [2.24, 2.45) is 5.41 Å². The van der Waals surface area contributed by atoms with E-state index in [0.29, 0.717) is 0 Å². The average Bonchev–Trinajstić information content (AvgIpc) is 2.70. The Morgan fingerprint density at radius 2 is 2.33 bits per heavy atom. The molecule has 0 aliphatic carbocycles. The van der Waals surface area contributed by atoms with Crippen LogP contribution in [0.2, 0.25) is 0 Å². The van der Waals surface area contributed by atoms with Crippen LogP contribution in [-0.2, 0) is 6.54 Å². The molecule has 0 aliphatic heterocycles. The first-order valence-electron chi connectivity index (χ1n) is 5.33. The van der Waals surface area contributed by atoms with E-state index in [4.69, 9.17) is 5.11 Å². The van der Waals surface area contributed by atoms with Gasteiger partial charge in [-0.25, -0.2) is 4.98 Å². The maximum Gasteiger partial charge on any atom is 0.0795 e. The Morgan fingerprint density at radius 1 is 1.53 bits per heavy atom. The molecule has 0 saturated carbocycles. The number of thiazole rings is 1. The van der Waals surface area contributed by atoms with Crippen molar-refractivity contribution in [3.05, 3.63) is 16.6 Å². The van der Waals surface area contributed by atoms with Gasteiger partial charge in [0.05, 0.1) is 11.2 Å². The van der Waals surface area contributed by atoms with Crippen molar-refractivity contribution in [3.8, 4) is 0 Å². The van der Waals surface area contributed by atoms with Gasteiger partial charge < -0.3 is 10.4 Å². The summed E-state index contributed by atoms with van der Waals surface area (Å²) in [4.78, 5) is 4.19. The first kappa shape index (κ1) is 12.6. The predicted molar refractivity (Wildman–Crippen MR) is 63.9 cm³/mol. The zero-order valence-electron chi connectivity index (χ0n) is 9.49. The number of nitrogens with zero attached hydrogens (tertiary/aromatic N) is 1. The lowest BCUT2D eigenvalue weighted by molar-refractivity contribution is 0.148. The molecule has 0 radical (unpaired) electrons. The Hall–Kier alpha value is -0.450. The van der Waals surface area contributed by atoms with E-state index in [1.54, 1.807) is 11.3 Å². The summed E-state index contributed by atoms with van der Waals surface area (Å²) >= 11 is 1.63. The van der Waals surface area contributed by atoms with Crippen LogP contribution in [0.15, 0.2) is 10.9 Å². The molecule has 1 rings (SSSR count). The molecule has 2 N–H and O–H groups in total. The van der Waals surface area contributed by atoms with Gasteiger partial charge in [-0.1, -0.05) is 13.8 Å². The van der Waals surface area contributed by atoms with Crippen LogP contribution in [0.5, 0.6) is 0 Å². The summed E-state index contributed by atoms with van der Waals surface area (Å²) in [5.41, 5.74) is 3.02. The molecule has 0 aromatic carbocycles. The zero-order valence-corrected chi connectivity index (χ0v) is 10.3. The van der Waals surface area contributed by atoms with Crippen LogP contribution in [0.25, 0.3) is 0 Å². The minimum Gasteiger partial charge on any atom is -0.396 e. The smallest absolute Gasteiger partial charge is 0.0795 e. The number of nitrogens with one attached hydrogen (secondary N) is 1. The van der Waals surface area contributed by atoms with Crippen molar-refractivity contribution >= 4 is 11.3 Å². The van der Waals surface area contributed by atoms with Gasteiger partial charge in [0.25, 0.3) is 0 Å². The molecule has 0 amide bonds. The SMILES string of the molecule is CC(C)(CO)CCCNCc1cscn1. The Kier molecular flexibility index (Phi) is 5.22. The van der Waals surface area contributed by atoms with Crippen molar-refractivity contribution in [3.63, 3.8) is 0 Å². The number of rotatable bonds is 7. The number of hydrogen-bond acceptors (Lipinski definition) is 4. The summed E-state index contributed by atoms with van der Waals surface area (Å²) < 4.78 is 0. The fourth-order valence-corrected chi connectivity index (χ4v) is 1.87. The van der Waals surface area contributed by atoms with Crippen molar-refractivity contribution < 1.29 is 5.11 Å². The molecule has 15 heavy (non-hydrogen) atoms. The van der Waals surface area contributed by atoms with Gasteiger partial charge in [0.15, 0.2) is 0 Å². The molecule has 3 nitrogen and oxygen atoms in total. The number of aliphatic hydroxyl groups is 1. The van der Waals surface area contributed by atoms with Gasteiger partial charge >= 0.3 is 0 Å². The highest BCUT2D eigenvalue weighted by Gasteiger charge is 2.14. The van der Waals surface area contributed by atoms with Crippen LogP contribution in [0.3, 0.4) is 0 Å². The van der Waals surface area contributed by atoms with E-state index in [9.17, 15) is 0 Å². The van der Waals surface area contributed by atoms with Crippen LogP contribution in [0.4, 0.5) is 0 Å². The molecule has 1 aromatic heterocycles. The molecule has 1 heterocycles. The summed E-state index contributed by atoms with van der Waals surface area (Å²) in [6.45, 7) is 6.28. The third-order valence-electron chi connectivity index (χ3n) is 2.42. The molecule has 0 spiro atoms. The highest BCUT2D eigenvalue weighted by atomic mass is 32.1. The first-order valence-corrected chi connectivity index (χ1v) is 6.27. The van der Waals surface area contributed by atoms with Crippen LogP contribution in [0, 0.1) is 5.41 Å². The molecular weight excluding hydrogens is 208 g/mol. The van der Waals surface area contributed by atoms with E-state index < -0.39 is 0 Å². The van der Waals surface area contributed by atoms with Gasteiger partial charge in [0, 0.05) is 18.5 Å². The van der Waals surface area contributed by atoms with Crippen LogP contribution in [0.1, 0.15) is 32.4 Å². The summed E-state index contributed by atoms with van der Waals surface area (Å²) in [5, 5.41) is 14.5. The van der Waals surface area contributed by atoms with E-state index >= 15 is 0 Å². The Bertz CT molecular complexity index is 260. The lowest BCUT2D eigenvalue weighted by Crippen LogP contribution is -2.21. The molecule has 0 unspecified atom stereocenters. The highest BCUT2D eigenvalue weighted by Crippen LogP contribution is 2.20. The van der Waals surface area contributed by atoms with Crippen LogP contribution >= 0.6 is 11.3 Å². The molecule has 0 aliphatic rings. The second kappa shape index (κ2) is 6.20. The van der Waals surface area contributed by atoms with E-state index in [-0.39, 0.29) is 12.0 Å². The molecule has 0 atom stereocenters. The van der Waals surface area contributed by atoms with Crippen molar-refractivity contribution in [1.29, 1.82) is 0 Å². The maximum atomic E-state index is 9.07. The van der Waals surface area contributed by atoms with E-state index in [0.717, 1.165) is 31.6 Å². The highest BCUT2D eigenvalue weighted by molar-refractivity contribution is 7.07. The Balaban J connectivity index is 2.03. The van der Waals surface area contributed by atoms with E-state index in [1.165, 1.54) is 0 Å². The fraction of sp³-hybridized carbons (Fsp3) is 0.727. The number of aromatic nitrogens is 1. The molecule has 86 valence electrons. The normalized spacial score (nSPS) is 11.9. The average molecular weight is 228 g/mol. The van der Waals surface area contributed by atoms with Crippen LogP contribution < -0.4 is 5.32 Å². The minimum atomic E-state index is 0.0578. The third kappa shape index (κ3) is 5.25. The summed E-state index contributed by atoms with van der Waals surface area (Å²) in [6, 6.07) is 0. The molecule has 0 saturated heterocycles. The number of hydrogen-bond donors (Lipinski definition) is 2. The monoisotopic (exact) mass is 228 g/mol. The van der Waals surface area contributed by atoms with E-state index in [1.807, 2.05) is 5.51 Å². The van der Waals surface area contributed by atoms with Crippen molar-refractivity contribution in [2.45, 2.75) is 33.2 Å². The third-order valence-corrected chi connectivity index (χ3v) is 3.06.